The molecule has 2 aliphatic rings. The van der Waals surface area contributed by atoms with Gasteiger partial charge in [-0.05, 0) is 38.0 Å². The van der Waals surface area contributed by atoms with E-state index >= 15 is 0 Å². The van der Waals surface area contributed by atoms with E-state index in [0.717, 1.165) is 38.7 Å². The molecule has 0 bridgehead atoms. The maximum absolute atomic E-state index is 12.2. The first kappa shape index (κ1) is 16.1. The number of aliphatic carboxylic acids is 1. The first-order chi connectivity index (χ1) is 10.0. The van der Waals surface area contributed by atoms with Crippen LogP contribution in [0.15, 0.2) is 0 Å². The number of nitrogens with zero attached hydrogens (tertiary/aromatic N) is 1. The van der Waals surface area contributed by atoms with Gasteiger partial charge in [-0.2, -0.15) is 0 Å². The average molecular weight is 298 g/mol. The van der Waals surface area contributed by atoms with Crippen molar-refractivity contribution in [3.05, 3.63) is 0 Å². The van der Waals surface area contributed by atoms with Gasteiger partial charge in [0, 0.05) is 26.2 Å². The number of carbonyl (C=O) groups excluding carboxylic acids is 1. The number of carboxylic acids is 1. The minimum absolute atomic E-state index is 0.107. The Hall–Kier alpha value is -1.30. The molecule has 2 fully saturated rings. The SMILES string of the molecule is CCN(CC1CCCO1)C(=O)NCC1(CC(=O)O)CCC1. The summed E-state index contributed by atoms with van der Waals surface area (Å²) >= 11 is 0. The van der Waals surface area contributed by atoms with Crippen molar-refractivity contribution >= 4 is 12.0 Å². The van der Waals surface area contributed by atoms with Crippen LogP contribution >= 0.6 is 0 Å². The van der Waals surface area contributed by atoms with Gasteiger partial charge in [0.25, 0.3) is 0 Å². The Labute approximate surface area is 125 Å². The third kappa shape index (κ3) is 4.33. The Balaban J connectivity index is 1.79. The number of likely N-dealkylation sites (N-methyl/N-ethyl adjacent to an activating group) is 1. The van der Waals surface area contributed by atoms with Crippen LogP contribution in [-0.4, -0.2) is 54.4 Å². The maximum atomic E-state index is 12.2. The van der Waals surface area contributed by atoms with Crippen molar-refractivity contribution in [1.82, 2.24) is 10.2 Å². The molecule has 0 aromatic carbocycles. The number of amides is 2. The van der Waals surface area contributed by atoms with E-state index in [4.69, 9.17) is 9.84 Å². The highest BCUT2D eigenvalue weighted by Crippen LogP contribution is 2.43. The molecule has 2 rings (SSSR count). The van der Waals surface area contributed by atoms with Crippen molar-refractivity contribution in [3.63, 3.8) is 0 Å². The molecule has 21 heavy (non-hydrogen) atoms. The molecule has 1 heterocycles. The third-order valence-corrected chi connectivity index (χ3v) is 4.67. The number of rotatable bonds is 7. The molecule has 2 amide bonds. The fraction of sp³-hybridized carbons (Fsp3) is 0.867. The summed E-state index contributed by atoms with van der Waals surface area (Å²) < 4.78 is 5.57. The van der Waals surface area contributed by atoms with Gasteiger partial charge in [-0.25, -0.2) is 4.79 Å². The molecule has 1 aliphatic carbocycles. The van der Waals surface area contributed by atoms with Crippen LogP contribution in [-0.2, 0) is 9.53 Å². The predicted octanol–water partition coefficient (Wildman–Crippen LogP) is 1.84. The molecular weight excluding hydrogens is 272 g/mol. The number of urea groups is 1. The van der Waals surface area contributed by atoms with E-state index in [9.17, 15) is 9.59 Å². The smallest absolute Gasteiger partial charge is 0.317 e. The highest BCUT2D eigenvalue weighted by Gasteiger charge is 2.39. The van der Waals surface area contributed by atoms with Crippen molar-refractivity contribution < 1.29 is 19.4 Å². The Morgan fingerprint density at radius 3 is 2.62 bits per heavy atom. The van der Waals surface area contributed by atoms with Crippen molar-refractivity contribution in [3.8, 4) is 0 Å². The van der Waals surface area contributed by atoms with Gasteiger partial charge in [0.1, 0.15) is 0 Å². The molecule has 1 aliphatic heterocycles. The molecular formula is C15H26N2O4. The van der Waals surface area contributed by atoms with Crippen LogP contribution in [0.5, 0.6) is 0 Å². The van der Waals surface area contributed by atoms with Crippen molar-refractivity contribution in [2.45, 2.75) is 51.6 Å². The van der Waals surface area contributed by atoms with Crippen LogP contribution in [0, 0.1) is 5.41 Å². The van der Waals surface area contributed by atoms with E-state index < -0.39 is 5.97 Å². The molecule has 0 aromatic rings. The number of carboxylic acid groups (broad SMARTS) is 1. The predicted molar refractivity (Wildman–Crippen MR) is 78.2 cm³/mol. The molecule has 120 valence electrons. The standard InChI is InChI=1S/C15H26N2O4/c1-2-17(10-12-5-3-8-21-12)14(20)16-11-15(6-4-7-15)9-13(18)19/h12H,2-11H2,1H3,(H,16,20)(H,18,19). The average Bonchev–Trinajstić information content (AvgIpc) is 2.91. The second kappa shape index (κ2) is 7.11. The Bertz CT molecular complexity index is 376. The number of hydrogen-bond acceptors (Lipinski definition) is 3. The summed E-state index contributed by atoms with van der Waals surface area (Å²) in [6.45, 7) is 4.45. The highest BCUT2D eigenvalue weighted by molar-refractivity contribution is 5.74. The summed E-state index contributed by atoms with van der Waals surface area (Å²) in [7, 11) is 0. The lowest BCUT2D eigenvalue weighted by Gasteiger charge is -2.41. The largest absolute Gasteiger partial charge is 0.481 e. The number of ether oxygens (including phenoxy) is 1. The van der Waals surface area contributed by atoms with Gasteiger partial charge >= 0.3 is 12.0 Å². The topological polar surface area (TPSA) is 78.9 Å². The van der Waals surface area contributed by atoms with E-state index in [2.05, 4.69) is 5.32 Å². The molecule has 2 N–H and O–H groups in total. The van der Waals surface area contributed by atoms with Gasteiger partial charge in [0.05, 0.1) is 12.5 Å². The van der Waals surface area contributed by atoms with Crippen LogP contribution in [0.1, 0.15) is 45.4 Å². The van der Waals surface area contributed by atoms with Crippen LogP contribution in [0.3, 0.4) is 0 Å². The normalized spacial score (nSPS) is 23.4. The zero-order valence-electron chi connectivity index (χ0n) is 12.8. The number of nitrogens with one attached hydrogen (secondary N) is 1. The Kier molecular flexibility index (Phi) is 5.45. The second-order valence-corrected chi connectivity index (χ2v) is 6.26. The molecule has 6 heteroatoms. The van der Waals surface area contributed by atoms with E-state index in [-0.39, 0.29) is 24.0 Å². The van der Waals surface area contributed by atoms with Gasteiger partial charge < -0.3 is 20.1 Å². The van der Waals surface area contributed by atoms with Crippen molar-refractivity contribution in [1.29, 1.82) is 0 Å². The van der Waals surface area contributed by atoms with E-state index in [1.165, 1.54) is 0 Å². The van der Waals surface area contributed by atoms with Gasteiger partial charge in [-0.3, -0.25) is 4.79 Å². The molecule has 1 saturated heterocycles. The third-order valence-electron chi connectivity index (χ3n) is 4.67. The zero-order chi connectivity index (χ0) is 15.3. The number of hydrogen-bond donors (Lipinski definition) is 2. The summed E-state index contributed by atoms with van der Waals surface area (Å²) in [6.07, 6.45) is 5.18. The van der Waals surface area contributed by atoms with Crippen LogP contribution in [0.4, 0.5) is 4.79 Å². The van der Waals surface area contributed by atoms with Crippen molar-refractivity contribution in [2.24, 2.45) is 5.41 Å². The molecule has 0 spiro atoms. The summed E-state index contributed by atoms with van der Waals surface area (Å²) in [4.78, 5) is 24.9. The van der Waals surface area contributed by atoms with Gasteiger partial charge in [0.15, 0.2) is 0 Å². The summed E-state index contributed by atoms with van der Waals surface area (Å²) in [5.74, 6) is -0.782. The molecule has 6 nitrogen and oxygen atoms in total. The Morgan fingerprint density at radius 1 is 1.38 bits per heavy atom. The van der Waals surface area contributed by atoms with Gasteiger partial charge in [0.2, 0.25) is 0 Å². The highest BCUT2D eigenvalue weighted by atomic mass is 16.5. The summed E-state index contributed by atoms with van der Waals surface area (Å²) in [5, 5.41) is 11.9. The summed E-state index contributed by atoms with van der Waals surface area (Å²) in [5.41, 5.74) is -0.231. The molecule has 1 saturated carbocycles. The number of carbonyl (C=O) groups is 2. The maximum Gasteiger partial charge on any atom is 0.317 e. The first-order valence-electron chi connectivity index (χ1n) is 7.91. The molecule has 1 atom stereocenters. The van der Waals surface area contributed by atoms with Crippen LogP contribution in [0.25, 0.3) is 0 Å². The van der Waals surface area contributed by atoms with E-state index in [1.54, 1.807) is 4.90 Å². The second-order valence-electron chi connectivity index (χ2n) is 6.26. The van der Waals surface area contributed by atoms with E-state index in [1.807, 2.05) is 6.92 Å². The van der Waals surface area contributed by atoms with Gasteiger partial charge in [-0.1, -0.05) is 6.42 Å². The molecule has 1 unspecified atom stereocenters. The summed E-state index contributed by atoms with van der Waals surface area (Å²) in [6, 6.07) is -0.107. The zero-order valence-corrected chi connectivity index (χ0v) is 12.8. The lowest BCUT2D eigenvalue weighted by atomic mass is 9.66. The van der Waals surface area contributed by atoms with Crippen molar-refractivity contribution in [2.75, 3.05) is 26.2 Å². The molecule has 0 radical (unpaired) electrons. The monoisotopic (exact) mass is 298 g/mol. The Morgan fingerprint density at radius 2 is 2.14 bits per heavy atom. The van der Waals surface area contributed by atoms with Gasteiger partial charge in [-0.15, -0.1) is 0 Å². The van der Waals surface area contributed by atoms with E-state index in [0.29, 0.717) is 19.6 Å². The fourth-order valence-corrected chi connectivity index (χ4v) is 3.18. The first-order valence-corrected chi connectivity index (χ1v) is 7.91. The fourth-order valence-electron chi connectivity index (χ4n) is 3.18. The lowest BCUT2D eigenvalue weighted by molar-refractivity contribution is -0.141. The minimum atomic E-state index is -0.782. The van der Waals surface area contributed by atoms with Crippen LogP contribution in [0.2, 0.25) is 0 Å². The quantitative estimate of drug-likeness (QED) is 0.751. The van der Waals surface area contributed by atoms with Crippen LogP contribution < -0.4 is 5.32 Å². The minimum Gasteiger partial charge on any atom is -0.481 e. The molecule has 0 aromatic heterocycles. The lowest BCUT2D eigenvalue weighted by Crippen LogP contribution is -2.49.